The van der Waals surface area contributed by atoms with Crippen molar-refractivity contribution in [1.29, 1.82) is 0 Å². The van der Waals surface area contributed by atoms with Gasteiger partial charge < -0.3 is 5.11 Å². The van der Waals surface area contributed by atoms with Crippen LogP contribution in [0.1, 0.15) is 34.5 Å². The quantitative estimate of drug-likeness (QED) is 0.292. The highest BCUT2D eigenvalue weighted by atomic mass is 35.5. The fourth-order valence-electron chi connectivity index (χ4n) is 2.88. The summed E-state index contributed by atoms with van der Waals surface area (Å²) in [5.41, 5.74) is 3.85. The molecule has 0 fully saturated rings. The van der Waals surface area contributed by atoms with E-state index in [1.165, 1.54) is 0 Å². The van der Waals surface area contributed by atoms with Gasteiger partial charge in [0.1, 0.15) is 6.23 Å². The molecule has 1 amide bonds. The second kappa shape index (κ2) is 8.16. The van der Waals surface area contributed by atoms with Gasteiger partial charge in [0.05, 0.1) is 0 Å². The highest BCUT2D eigenvalue weighted by molar-refractivity contribution is 7.17. The zero-order valence-electron chi connectivity index (χ0n) is 14.1. The van der Waals surface area contributed by atoms with Gasteiger partial charge in [-0.1, -0.05) is 23.7 Å². The minimum Gasteiger partial charge on any atom is -0.378 e. The first-order chi connectivity index (χ1) is 12.5. The maximum Gasteiger partial charge on any atom is 0.274 e. The first kappa shape index (κ1) is 18.8. The molecule has 1 heterocycles. The summed E-state index contributed by atoms with van der Waals surface area (Å²) in [6.45, 7) is 1.90. The second-order valence-electron chi connectivity index (χ2n) is 6.08. The van der Waals surface area contributed by atoms with E-state index >= 15 is 0 Å². The summed E-state index contributed by atoms with van der Waals surface area (Å²) in [4.78, 5) is 11.5. The number of nitrogens with one attached hydrogen (secondary N) is 2. The number of hydroxylamine groups is 1. The number of benzene rings is 2. The summed E-state index contributed by atoms with van der Waals surface area (Å²) in [6.07, 6.45) is -0.307. The van der Waals surface area contributed by atoms with Crippen molar-refractivity contribution in [3.63, 3.8) is 0 Å². The van der Waals surface area contributed by atoms with E-state index in [1.807, 2.05) is 36.6 Å². The molecular weight excluding hydrogens is 372 g/mol. The van der Waals surface area contributed by atoms with Crippen molar-refractivity contribution in [2.75, 3.05) is 0 Å². The summed E-state index contributed by atoms with van der Waals surface area (Å²) in [5.74, 6) is -0.568. The smallest absolute Gasteiger partial charge is 0.274 e. The molecule has 3 rings (SSSR count). The molecule has 0 aliphatic rings. The summed E-state index contributed by atoms with van der Waals surface area (Å²) < 4.78 is 1.13. The van der Waals surface area contributed by atoms with Gasteiger partial charge in [-0.25, -0.2) is 5.48 Å². The lowest BCUT2D eigenvalue weighted by molar-refractivity contribution is 0.0706. The van der Waals surface area contributed by atoms with Crippen LogP contribution in [-0.2, 0) is 6.42 Å². The number of amides is 1. The molecule has 0 saturated carbocycles. The van der Waals surface area contributed by atoms with Crippen LogP contribution in [-0.4, -0.2) is 22.4 Å². The van der Waals surface area contributed by atoms with Gasteiger partial charge in [-0.2, -0.15) is 0 Å². The summed E-state index contributed by atoms with van der Waals surface area (Å²) in [6, 6.07) is 12.5. The molecule has 136 valence electrons. The molecule has 26 heavy (non-hydrogen) atoms. The number of halogens is 1. The van der Waals surface area contributed by atoms with Gasteiger partial charge in [0.15, 0.2) is 0 Å². The molecule has 0 saturated heterocycles. The Balaban J connectivity index is 1.70. The molecule has 0 aliphatic heterocycles. The lowest BCUT2D eigenvalue weighted by Crippen LogP contribution is -2.33. The minimum absolute atomic E-state index is 0.176. The Labute approximate surface area is 160 Å². The first-order valence-corrected chi connectivity index (χ1v) is 9.38. The number of aliphatic hydroxyl groups is 1. The van der Waals surface area contributed by atoms with E-state index in [1.54, 1.807) is 35.0 Å². The molecule has 2 unspecified atom stereocenters. The van der Waals surface area contributed by atoms with Gasteiger partial charge in [-0.3, -0.25) is 15.3 Å². The van der Waals surface area contributed by atoms with Crippen molar-refractivity contribution in [1.82, 2.24) is 10.8 Å². The maximum atomic E-state index is 11.5. The molecular formula is C19H19ClN2O3S. The van der Waals surface area contributed by atoms with Crippen LogP contribution in [0.15, 0.2) is 47.8 Å². The fraction of sp³-hybridized carbons (Fsp3) is 0.211. The first-order valence-electron chi connectivity index (χ1n) is 8.12. The molecule has 0 spiro atoms. The third kappa shape index (κ3) is 4.23. The van der Waals surface area contributed by atoms with Gasteiger partial charge in [-0.05, 0) is 59.1 Å². The highest BCUT2D eigenvalue weighted by Crippen LogP contribution is 2.29. The van der Waals surface area contributed by atoms with Crippen molar-refractivity contribution in [2.45, 2.75) is 25.6 Å². The third-order valence-corrected chi connectivity index (χ3v) is 5.47. The van der Waals surface area contributed by atoms with E-state index in [9.17, 15) is 9.90 Å². The molecule has 0 radical (unpaired) electrons. The Hall–Kier alpha value is -1.96. The van der Waals surface area contributed by atoms with Crippen molar-refractivity contribution in [2.24, 2.45) is 0 Å². The number of hydrogen-bond acceptors (Lipinski definition) is 5. The van der Waals surface area contributed by atoms with Gasteiger partial charge in [0.25, 0.3) is 5.91 Å². The molecule has 4 N–H and O–H groups in total. The number of carbonyl (C=O) groups excluding carboxylic acids is 1. The predicted octanol–water partition coefficient (Wildman–Crippen LogP) is 3.89. The average Bonchev–Trinajstić information content (AvgIpc) is 3.03. The minimum atomic E-state index is -0.753. The number of aliphatic hydroxyl groups excluding tert-OH is 1. The van der Waals surface area contributed by atoms with E-state index in [-0.39, 0.29) is 6.04 Å². The molecule has 5 nitrogen and oxygen atoms in total. The molecule has 2 aromatic carbocycles. The van der Waals surface area contributed by atoms with Crippen molar-refractivity contribution < 1.29 is 15.1 Å². The Morgan fingerprint density at radius 3 is 2.85 bits per heavy atom. The lowest BCUT2D eigenvalue weighted by Gasteiger charge is -2.20. The number of carbonyl (C=O) groups is 1. The van der Waals surface area contributed by atoms with Crippen LogP contribution in [0, 0.1) is 0 Å². The normalized spacial score (nSPS) is 13.5. The number of thiophene rings is 1. The van der Waals surface area contributed by atoms with Crippen LogP contribution >= 0.6 is 22.9 Å². The topological polar surface area (TPSA) is 81.6 Å². The summed E-state index contributed by atoms with van der Waals surface area (Å²) >= 11 is 7.70. The van der Waals surface area contributed by atoms with E-state index in [0.29, 0.717) is 17.0 Å². The highest BCUT2D eigenvalue weighted by Gasteiger charge is 2.15. The van der Waals surface area contributed by atoms with E-state index in [2.05, 4.69) is 5.32 Å². The van der Waals surface area contributed by atoms with Crippen molar-refractivity contribution in [3.8, 4) is 0 Å². The number of hydrogen-bond donors (Lipinski definition) is 4. The Morgan fingerprint density at radius 1 is 1.27 bits per heavy atom. The SMILES string of the molecule is CC(NC(O)Cc1csc2ccc(Cl)cc12)c1cccc(C(=O)NO)c1. The van der Waals surface area contributed by atoms with Gasteiger partial charge in [0.2, 0.25) is 0 Å². The average molecular weight is 391 g/mol. The Morgan fingerprint density at radius 2 is 2.08 bits per heavy atom. The van der Waals surface area contributed by atoms with Crippen LogP contribution in [0.3, 0.4) is 0 Å². The number of fused-ring (bicyclic) bond motifs is 1. The number of rotatable bonds is 6. The summed E-state index contributed by atoms with van der Waals surface area (Å²) in [7, 11) is 0. The Bertz CT molecular complexity index is 928. The van der Waals surface area contributed by atoms with Crippen LogP contribution in [0.4, 0.5) is 0 Å². The molecule has 0 bridgehead atoms. The largest absolute Gasteiger partial charge is 0.378 e. The zero-order valence-corrected chi connectivity index (χ0v) is 15.6. The lowest BCUT2D eigenvalue weighted by atomic mass is 10.0. The summed E-state index contributed by atoms with van der Waals surface area (Å²) in [5, 5.41) is 26.1. The maximum absolute atomic E-state index is 11.5. The van der Waals surface area contributed by atoms with Crippen LogP contribution in [0.2, 0.25) is 5.02 Å². The standard InChI is InChI=1S/C19H19ClN2O3S/c1-11(12-3-2-4-13(7-12)19(24)22-25)21-18(23)8-14-10-26-17-6-5-15(20)9-16(14)17/h2-7,9-11,18,21,23,25H,8H2,1H3,(H,22,24). The fourth-order valence-corrected chi connectivity index (χ4v) is 4.01. The van der Waals surface area contributed by atoms with Gasteiger partial charge in [-0.15, -0.1) is 11.3 Å². The second-order valence-corrected chi connectivity index (χ2v) is 7.42. The third-order valence-electron chi connectivity index (χ3n) is 4.22. The predicted molar refractivity (Wildman–Crippen MR) is 104 cm³/mol. The zero-order chi connectivity index (χ0) is 18.7. The van der Waals surface area contributed by atoms with E-state index in [4.69, 9.17) is 16.8 Å². The van der Waals surface area contributed by atoms with Crippen molar-refractivity contribution >= 4 is 38.9 Å². The Kier molecular flexibility index (Phi) is 5.90. The van der Waals surface area contributed by atoms with E-state index in [0.717, 1.165) is 21.2 Å². The molecule has 7 heteroatoms. The van der Waals surface area contributed by atoms with Crippen molar-refractivity contribution in [3.05, 3.63) is 69.6 Å². The molecule has 2 atom stereocenters. The van der Waals surface area contributed by atoms with Crippen LogP contribution in [0.25, 0.3) is 10.1 Å². The molecule has 1 aromatic heterocycles. The molecule has 0 aliphatic carbocycles. The van der Waals surface area contributed by atoms with Gasteiger partial charge in [0, 0.05) is 27.7 Å². The van der Waals surface area contributed by atoms with Gasteiger partial charge >= 0.3 is 0 Å². The van der Waals surface area contributed by atoms with Crippen LogP contribution < -0.4 is 10.8 Å². The molecule has 3 aromatic rings. The van der Waals surface area contributed by atoms with E-state index < -0.39 is 12.1 Å². The monoisotopic (exact) mass is 390 g/mol. The van der Waals surface area contributed by atoms with Crippen LogP contribution in [0.5, 0.6) is 0 Å².